The Labute approximate surface area is 104 Å². The number of rotatable bonds is 4. The number of esters is 1. The molecule has 1 rings (SSSR count). The second kappa shape index (κ2) is 6.01. The zero-order chi connectivity index (χ0) is 12.1. The maximum Gasteiger partial charge on any atom is 0.310 e. The molecule has 2 N–H and O–H groups in total. The molecule has 0 fully saturated rings. The fourth-order valence-electron chi connectivity index (χ4n) is 1.68. The lowest BCUT2D eigenvalue weighted by Gasteiger charge is -2.21. The maximum absolute atomic E-state index is 11.6. The van der Waals surface area contributed by atoms with Crippen LogP contribution in [0.3, 0.4) is 0 Å². The van der Waals surface area contributed by atoms with Crippen molar-refractivity contribution in [3.63, 3.8) is 0 Å². The van der Waals surface area contributed by atoms with Crippen molar-refractivity contribution in [3.05, 3.63) is 34.3 Å². The third-order valence-corrected chi connectivity index (χ3v) is 3.36. The predicted molar refractivity (Wildman–Crippen MR) is 66.9 cm³/mol. The minimum atomic E-state index is -0.340. The molecule has 0 radical (unpaired) electrons. The topological polar surface area (TPSA) is 52.3 Å². The van der Waals surface area contributed by atoms with Crippen molar-refractivity contribution in [2.45, 2.75) is 19.4 Å². The van der Waals surface area contributed by atoms with Crippen LogP contribution in [-0.2, 0) is 9.53 Å². The van der Waals surface area contributed by atoms with E-state index in [2.05, 4.69) is 15.9 Å². The molecule has 0 saturated heterocycles. The molecule has 0 aromatic heterocycles. The molecule has 0 heterocycles. The van der Waals surface area contributed by atoms with Crippen molar-refractivity contribution < 1.29 is 9.53 Å². The normalized spacial score (nSPS) is 14.2. The number of benzene rings is 1. The quantitative estimate of drug-likeness (QED) is 0.866. The van der Waals surface area contributed by atoms with Gasteiger partial charge >= 0.3 is 5.97 Å². The molecule has 4 heteroatoms. The van der Waals surface area contributed by atoms with Crippen LogP contribution in [0.4, 0.5) is 0 Å². The second-order valence-electron chi connectivity index (χ2n) is 3.59. The Morgan fingerprint density at radius 2 is 2.12 bits per heavy atom. The van der Waals surface area contributed by atoms with Gasteiger partial charge in [0.05, 0.1) is 13.0 Å². The molecule has 1 aromatic rings. The van der Waals surface area contributed by atoms with Gasteiger partial charge < -0.3 is 10.5 Å². The highest BCUT2D eigenvalue weighted by Gasteiger charge is 2.26. The van der Waals surface area contributed by atoms with Crippen molar-refractivity contribution in [2.24, 2.45) is 11.7 Å². The fourth-order valence-corrected chi connectivity index (χ4v) is 2.23. The van der Waals surface area contributed by atoms with Gasteiger partial charge in [0.2, 0.25) is 0 Å². The first-order valence-electron chi connectivity index (χ1n) is 5.19. The van der Waals surface area contributed by atoms with Crippen LogP contribution in [0, 0.1) is 5.92 Å². The summed E-state index contributed by atoms with van der Waals surface area (Å²) in [6.07, 6.45) is 0.662. The van der Waals surface area contributed by atoms with Crippen LogP contribution in [0.25, 0.3) is 0 Å². The standard InChI is InChI=1S/C12H16BrNO2/c1-3-8(12(15)16-2)11(14)9-6-4-5-7-10(9)13/h4-8,11H,3,14H2,1-2H3. The molecular weight excluding hydrogens is 270 g/mol. The molecule has 2 unspecified atom stereocenters. The summed E-state index contributed by atoms with van der Waals surface area (Å²) in [5.41, 5.74) is 7.03. The minimum Gasteiger partial charge on any atom is -0.469 e. The number of methoxy groups -OCH3 is 1. The highest BCUT2D eigenvalue weighted by Crippen LogP contribution is 2.28. The number of halogens is 1. The Kier molecular flexibility index (Phi) is 4.96. The van der Waals surface area contributed by atoms with Gasteiger partial charge in [0.15, 0.2) is 0 Å². The first-order valence-corrected chi connectivity index (χ1v) is 5.99. The van der Waals surface area contributed by atoms with E-state index in [4.69, 9.17) is 10.5 Å². The average Bonchev–Trinajstić information content (AvgIpc) is 2.30. The zero-order valence-corrected chi connectivity index (χ0v) is 11.0. The van der Waals surface area contributed by atoms with Crippen molar-refractivity contribution in [1.29, 1.82) is 0 Å². The molecule has 0 aliphatic heterocycles. The third kappa shape index (κ3) is 2.83. The monoisotopic (exact) mass is 285 g/mol. The number of carbonyl (C=O) groups excluding carboxylic acids is 1. The minimum absolute atomic E-state index is 0.259. The summed E-state index contributed by atoms with van der Waals surface area (Å²) in [5.74, 6) is -0.561. The molecule has 0 aliphatic carbocycles. The van der Waals surface area contributed by atoms with E-state index in [1.165, 1.54) is 7.11 Å². The molecular formula is C12H16BrNO2. The van der Waals surface area contributed by atoms with Gasteiger partial charge in [0.25, 0.3) is 0 Å². The average molecular weight is 286 g/mol. The first kappa shape index (κ1) is 13.2. The van der Waals surface area contributed by atoms with E-state index >= 15 is 0 Å². The van der Waals surface area contributed by atoms with Crippen molar-refractivity contribution >= 4 is 21.9 Å². The predicted octanol–water partition coefficient (Wildman–Crippen LogP) is 2.65. The summed E-state index contributed by atoms with van der Waals surface area (Å²) in [6, 6.07) is 7.32. The van der Waals surface area contributed by atoms with Crippen LogP contribution in [-0.4, -0.2) is 13.1 Å². The SMILES string of the molecule is CCC(C(=O)OC)C(N)c1ccccc1Br. The smallest absolute Gasteiger partial charge is 0.310 e. The molecule has 0 saturated carbocycles. The van der Waals surface area contributed by atoms with E-state index in [9.17, 15) is 4.79 Å². The second-order valence-corrected chi connectivity index (χ2v) is 4.44. The van der Waals surface area contributed by atoms with Crippen LogP contribution >= 0.6 is 15.9 Å². The summed E-state index contributed by atoms with van der Waals surface area (Å²) in [5, 5.41) is 0. The number of hydrogen-bond acceptors (Lipinski definition) is 3. The molecule has 0 amide bonds. The molecule has 0 spiro atoms. The summed E-state index contributed by atoms with van der Waals surface area (Å²) in [4.78, 5) is 11.6. The number of ether oxygens (including phenoxy) is 1. The van der Waals surface area contributed by atoms with Crippen LogP contribution in [0.2, 0.25) is 0 Å². The number of nitrogens with two attached hydrogens (primary N) is 1. The molecule has 3 nitrogen and oxygen atoms in total. The van der Waals surface area contributed by atoms with Crippen molar-refractivity contribution in [3.8, 4) is 0 Å². The first-order chi connectivity index (χ1) is 7.61. The zero-order valence-electron chi connectivity index (χ0n) is 9.44. The Morgan fingerprint density at radius 3 is 2.62 bits per heavy atom. The molecule has 1 aromatic carbocycles. The van der Waals surface area contributed by atoms with Gasteiger partial charge in [-0.15, -0.1) is 0 Å². The van der Waals surface area contributed by atoms with E-state index < -0.39 is 0 Å². The van der Waals surface area contributed by atoms with E-state index in [-0.39, 0.29) is 17.9 Å². The molecule has 0 bridgehead atoms. The molecule has 88 valence electrons. The van der Waals surface area contributed by atoms with E-state index in [1.807, 2.05) is 31.2 Å². The van der Waals surface area contributed by atoms with Gasteiger partial charge in [0, 0.05) is 10.5 Å². The van der Waals surface area contributed by atoms with Gasteiger partial charge in [0.1, 0.15) is 0 Å². The Hall–Kier alpha value is -0.870. The van der Waals surface area contributed by atoms with Crippen LogP contribution < -0.4 is 5.73 Å². The highest BCUT2D eigenvalue weighted by atomic mass is 79.9. The van der Waals surface area contributed by atoms with Gasteiger partial charge in [-0.05, 0) is 18.1 Å². The van der Waals surface area contributed by atoms with Crippen LogP contribution in [0.15, 0.2) is 28.7 Å². The van der Waals surface area contributed by atoms with Gasteiger partial charge in [-0.2, -0.15) is 0 Å². The Morgan fingerprint density at radius 1 is 1.50 bits per heavy atom. The number of hydrogen-bond donors (Lipinski definition) is 1. The molecule has 16 heavy (non-hydrogen) atoms. The third-order valence-electron chi connectivity index (χ3n) is 2.64. The van der Waals surface area contributed by atoms with E-state index in [0.717, 1.165) is 10.0 Å². The molecule has 0 aliphatic rings. The highest BCUT2D eigenvalue weighted by molar-refractivity contribution is 9.10. The van der Waals surface area contributed by atoms with Gasteiger partial charge in [-0.1, -0.05) is 41.1 Å². The Balaban J connectivity index is 2.95. The summed E-state index contributed by atoms with van der Waals surface area (Å²) in [7, 11) is 1.39. The van der Waals surface area contributed by atoms with Crippen molar-refractivity contribution in [2.75, 3.05) is 7.11 Å². The van der Waals surface area contributed by atoms with Crippen LogP contribution in [0.5, 0.6) is 0 Å². The Bertz CT molecular complexity index is 368. The summed E-state index contributed by atoms with van der Waals surface area (Å²) in [6.45, 7) is 1.93. The lowest BCUT2D eigenvalue weighted by atomic mass is 9.92. The van der Waals surface area contributed by atoms with E-state index in [1.54, 1.807) is 0 Å². The fraction of sp³-hybridized carbons (Fsp3) is 0.417. The van der Waals surface area contributed by atoms with Gasteiger partial charge in [-0.3, -0.25) is 4.79 Å². The van der Waals surface area contributed by atoms with Gasteiger partial charge in [-0.25, -0.2) is 0 Å². The van der Waals surface area contributed by atoms with E-state index in [0.29, 0.717) is 6.42 Å². The van der Waals surface area contributed by atoms with Crippen LogP contribution in [0.1, 0.15) is 24.9 Å². The van der Waals surface area contributed by atoms with Crippen molar-refractivity contribution in [1.82, 2.24) is 0 Å². The lowest BCUT2D eigenvalue weighted by Crippen LogP contribution is -2.29. The summed E-state index contributed by atoms with van der Waals surface area (Å²) >= 11 is 3.43. The molecule has 2 atom stereocenters. The largest absolute Gasteiger partial charge is 0.469 e. The summed E-state index contributed by atoms with van der Waals surface area (Å²) < 4.78 is 5.67. The number of carbonyl (C=O) groups is 1. The lowest BCUT2D eigenvalue weighted by molar-refractivity contribution is -0.146. The maximum atomic E-state index is 11.6.